The quantitative estimate of drug-likeness (QED) is 0.652. The van der Waals surface area contributed by atoms with Crippen molar-refractivity contribution in [2.24, 2.45) is 0 Å². The summed E-state index contributed by atoms with van der Waals surface area (Å²) < 4.78 is 40.5. The topological polar surface area (TPSA) is 86.9 Å². The first-order chi connectivity index (χ1) is 12.9. The zero-order chi connectivity index (χ0) is 19.6. The maximum Gasteiger partial charge on any atom is 0.278 e. The maximum atomic E-state index is 13.8. The number of rotatable bonds is 4. The van der Waals surface area contributed by atoms with Crippen molar-refractivity contribution in [3.63, 3.8) is 0 Å². The Labute approximate surface area is 151 Å². The number of H-pyrrole nitrogens is 1. The number of amides is 2. The summed E-state index contributed by atoms with van der Waals surface area (Å²) in [5.74, 6) is -4.30. The molecule has 0 spiro atoms. The molecule has 3 rings (SSSR count). The van der Waals surface area contributed by atoms with Gasteiger partial charge in [0.1, 0.15) is 23.0 Å². The van der Waals surface area contributed by atoms with Gasteiger partial charge in [-0.15, -0.1) is 0 Å². The molecule has 0 aliphatic carbocycles. The van der Waals surface area contributed by atoms with E-state index in [0.29, 0.717) is 11.4 Å². The van der Waals surface area contributed by atoms with Crippen LogP contribution in [-0.2, 0) is 0 Å². The highest BCUT2D eigenvalue weighted by molar-refractivity contribution is 6.12. The van der Waals surface area contributed by atoms with E-state index >= 15 is 0 Å². The van der Waals surface area contributed by atoms with Crippen molar-refractivity contribution in [3.8, 4) is 0 Å². The van der Waals surface area contributed by atoms with Crippen LogP contribution in [-0.4, -0.2) is 22.0 Å². The summed E-state index contributed by atoms with van der Waals surface area (Å²) in [7, 11) is 0. The van der Waals surface area contributed by atoms with Crippen LogP contribution >= 0.6 is 0 Å². The van der Waals surface area contributed by atoms with Gasteiger partial charge in [0.05, 0.1) is 11.4 Å². The third kappa shape index (κ3) is 3.81. The fourth-order valence-electron chi connectivity index (χ4n) is 2.36. The van der Waals surface area contributed by atoms with Gasteiger partial charge in [0, 0.05) is 5.69 Å². The number of nitrogens with zero attached hydrogens (tertiary/aromatic N) is 1. The Balaban J connectivity index is 1.85. The Bertz CT molecular complexity index is 996. The van der Waals surface area contributed by atoms with Crippen molar-refractivity contribution in [2.45, 2.75) is 6.92 Å². The molecule has 0 aliphatic rings. The van der Waals surface area contributed by atoms with Crippen LogP contribution in [0.15, 0.2) is 42.5 Å². The fraction of sp³-hybridized carbons (Fsp3) is 0.0556. The van der Waals surface area contributed by atoms with Crippen LogP contribution in [0.3, 0.4) is 0 Å². The van der Waals surface area contributed by atoms with Crippen molar-refractivity contribution >= 4 is 23.2 Å². The standard InChI is InChI=1S/C18H13F3N4O2/c1-9-15(23-17(26)14-12(20)3-2-4-13(14)21)16(25-24-9)18(27)22-11-7-5-10(19)6-8-11/h2-8H,1H3,(H,22,27)(H,23,26)(H,24,25). The number of aryl methyl sites for hydroxylation is 1. The first kappa shape index (κ1) is 18.2. The van der Waals surface area contributed by atoms with Crippen molar-refractivity contribution in [1.82, 2.24) is 10.2 Å². The molecule has 3 aromatic rings. The molecule has 0 atom stereocenters. The van der Waals surface area contributed by atoms with E-state index in [4.69, 9.17) is 0 Å². The van der Waals surface area contributed by atoms with Gasteiger partial charge in [0.2, 0.25) is 0 Å². The van der Waals surface area contributed by atoms with E-state index in [1.165, 1.54) is 19.1 Å². The van der Waals surface area contributed by atoms with Crippen LogP contribution in [0.25, 0.3) is 0 Å². The molecule has 2 aromatic carbocycles. The van der Waals surface area contributed by atoms with Crippen molar-refractivity contribution in [1.29, 1.82) is 0 Å². The molecule has 0 saturated carbocycles. The zero-order valence-electron chi connectivity index (χ0n) is 13.9. The van der Waals surface area contributed by atoms with E-state index in [1.807, 2.05) is 0 Å². The van der Waals surface area contributed by atoms with Gasteiger partial charge in [-0.2, -0.15) is 5.10 Å². The molecule has 1 heterocycles. The lowest BCUT2D eigenvalue weighted by Crippen LogP contribution is -2.20. The zero-order valence-corrected chi connectivity index (χ0v) is 13.9. The van der Waals surface area contributed by atoms with Gasteiger partial charge in [-0.05, 0) is 43.3 Å². The lowest BCUT2D eigenvalue weighted by atomic mass is 10.1. The van der Waals surface area contributed by atoms with Gasteiger partial charge >= 0.3 is 0 Å². The average molecular weight is 374 g/mol. The lowest BCUT2D eigenvalue weighted by Gasteiger charge is -2.09. The van der Waals surface area contributed by atoms with Crippen molar-refractivity contribution in [3.05, 3.63) is 76.9 Å². The fourth-order valence-corrected chi connectivity index (χ4v) is 2.36. The van der Waals surface area contributed by atoms with Gasteiger partial charge in [0.15, 0.2) is 5.69 Å². The molecule has 0 unspecified atom stereocenters. The van der Waals surface area contributed by atoms with Crippen LogP contribution in [0, 0.1) is 24.4 Å². The monoisotopic (exact) mass is 374 g/mol. The summed E-state index contributed by atoms with van der Waals surface area (Å²) in [6.07, 6.45) is 0. The average Bonchev–Trinajstić information content (AvgIpc) is 2.97. The lowest BCUT2D eigenvalue weighted by molar-refractivity contribution is 0.101. The number of halogens is 3. The highest BCUT2D eigenvalue weighted by Gasteiger charge is 2.23. The minimum absolute atomic E-state index is 0.0257. The summed E-state index contributed by atoms with van der Waals surface area (Å²) in [6, 6.07) is 8.04. The number of anilines is 2. The molecule has 138 valence electrons. The molecule has 2 amide bonds. The second-order valence-electron chi connectivity index (χ2n) is 5.58. The first-order valence-electron chi connectivity index (χ1n) is 7.74. The van der Waals surface area contributed by atoms with Gasteiger partial charge in [0.25, 0.3) is 11.8 Å². The predicted octanol–water partition coefficient (Wildman–Crippen LogP) is 3.64. The molecule has 0 radical (unpaired) electrons. The van der Waals surface area contributed by atoms with E-state index in [0.717, 1.165) is 30.3 Å². The Morgan fingerprint density at radius 1 is 0.926 bits per heavy atom. The summed E-state index contributed by atoms with van der Waals surface area (Å²) >= 11 is 0. The molecule has 9 heteroatoms. The number of nitrogens with one attached hydrogen (secondary N) is 3. The Kier molecular flexibility index (Phi) is 4.93. The molecular weight excluding hydrogens is 361 g/mol. The first-order valence-corrected chi connectivity index (χ1v) is 7.74. The number of carbonyl (C=O) groups excluding carboxylic acids is 2. The number of aromatic amines is 1. The van der Waals surface area contributed by atoms with Crippen molar-refractivity contribution < 1.29 is 22.8 Å². The van der Waals surface area contributed by atoms with E-state index in [-0.39, 0.29) is 11.4 Å². The second-order valence-corrected chi connectivity index (χ2v) is 5.58. The molecular formula is C18H13F3N4O2. The Morgan fingerprint density at radius 3 is 2.19 bits per heavy atom. The summed E-state index contributed by atoms with van der Waals surface area (Å²) in [6.45, 7) is 1.52. The number of benzene rings is 2. The number of hydrogen-bond acceptors (Lipinski definition) is 3. The largest absolute Gasteiger partial charge is 0.321 e. The number of aromatic nitrogens is 2. The van der Waals surface area contributed by atoms with Gasteiger partial charge in [-0.1, -0.05) is 6.07 Å². The van der Waals surface area contributed by atoms with Gasteiger partial charge in [-0.25, -0.2) is 13.2 Å². The Morgan fingerprint density at radius 2 is 1.56 bits per heavy atom. The van der Waals surface area contributed by atoms with E-state index in [2.05, 4.69) is 20.8 Å². The molecule has 0 aliphatic heterocycles. The molecule has 1 aromatic heterocycles. The third-order valence-electron chi connectivity index (χ3n) is 3.69. The van der Waals surface area contributed by atoms with Crippen LogP contribution in [0.5, 0.6) is 0 Å². The maximum absolute atomic E-state index is 13.8. The molecule has 0 bridgehead atoms. The van der Waals surface area contributed by atoms with E-state index < -0.39 is 34.8 Å². The number of hydrogen-bond donors (Lipinski definition) is 3. The van der Waals surface area contributed by atoms with E-state index in [9.17, 15) is 22.8 Å². The Hall–Kier alpha value is -3.62. The second kappa shape index (κ2) is 7.32. The molecule has 27 heavy (non-hydrogen) atoms. The summed E-state index contributed by atoms with van der Waals surface area (Å²) in [4.78, 5) is 24.7. The third-order valence-corrected chi connectivity index (χ3v) is 3.69. The molecule has 6 nitrogen and oxygen atoms in total. The van der Waals surface area contributed by atoms with Gasteiger partial charge in [-0.3, -0.25) is 14.7 Å². The van der Waals surface area contributed by atoms with Crippen LogP contribution < -0.4 is 10.6 Å². The molecule has 0 saturated heterocycles. The normalized spacial score (nSPS) is 10.5. The minimum Gasteiger partial charge on any atom is -0.321 e. The predicted molar refractivity (Wildman–Crippen MR) is 92.0 cm³/mol. The summed E-state index contributed by atoms with van der Waals surface area (Å²) in [5.41, 5.74) is -0.379. The van der Waals surface area contributed by atoms with Crippen LogP contribution in [0.1, 0.15) is 26.5 Å². The minimum atomic E-state index is -1.06. The van der Waals surface area contributed by atoms with Crippen LogP contribution in [0.2, 0.25) is 0 Å². The van der Waals surface area contributed by atoms with E-state index in [1.54, 1.807) is 0 Å². The molecule has 0 fully saturated rings. The number of carbonyl (C=O) groups is 2. The van der Waals surface area contributed by atoms with Crippen molar-refractivity contribution in [2.75, 3.05) is 10.6 Å². The summed E-state index contributed by atoms with van der Waals surface area (Å²) in [5, 5.41) is 11.1. The van der Waals surface area contributed by atoms with Crippen LogP contribution in [0.4, 0.5) is 24.5 Å². The SMILES string of the molecule is Cc1[nH]nc(C(=O)Nc2ccc(F)cc2)c1NC(=O)c1c(F)cccc1F. The molecule has 3 N–H and O–H groups in total. The van der Waals surface area contributed by atoms with Gasteiger partial charge < -0.3 is 10.6 Å². The smallest absolute Gasteiger partial charge is 0.278 e. The highest BCUT2D eigenvalue weighted by atomic mass is 19.1. The highest BCUT2D eigenvalue weighted by Crippen LogP contribution is 2.22.